The maximum Gasteiger partial charge on any atom is 0.253 e. The highest BCUT2D eigenvalue weighted by molar-refractivity contribution is 5.93. The van der Waals surface area contributed by atoms with E-state index in [9.17, 15) is 4.79 Å². The number of ether oxygens (including phenoxy) is 2. The molecule has 0 bridgehead atoms. The van der Waals surface area contributed by atoms with Crippen molar-refractivity contribution in [2.75, 3.05) is 18.5 Å². The number of hydrogen-bond acceptors (Lipinski definition) is 4. The molecule has 2 atom stereocenters. The van der Waals surface area contributed by atoms with Gasteiger partial charge in [0.05, 0.1) is 12.7 Å². The predicted molar refractivity (Wildman–Crippen MR) is 82.0 cm³/mol. The standard InChI is InChI=1S/C16H24N2O3/c1-12(21-11-15-4-2-3-9-20-15)16(19)18-14-7-5-13(10-17)6-8-14/h5-8,12,15H,2-4,9-11,17H2,1H3,(H,18,19). The van der Waals surface area contributed by atoms with Crippen molar-refractivity contribution in [1.29, 1.82) is 0 Å². The molecule has 1 fully saturated rings. The molecule has 1 amide bonds. The van der Waals surface area contributed by atoms with E-state index in [2.05, 4.69) is 5.32 Å². The van der Waals surface area contributed by atoms with E-state index in [1.54, 1.807) is 6.92 Å². The molecule has 1 aliphatic heterocycles. The van der Waals surface area contributed by atoms with Crippen LogP contribution in [0.2, 0.25) is 0 Å². The first-order valence-corrected chi connectivity index (χ1v) is 7.52. The summed E-state index contributed by atoms with van der Waals surface area (Å²) in [6, 6.07) is 7.49. The van der Waals surface area contributed by atoms with Gasteiger partial charge in [-0.3, -0.25) is 4.79 Å². The summed E-state index contributed by atoms with van der Waals surface area (Å²) in [5, 5.41) is 2.84. The number of anilines is 1. The number of nitrogens with one attached hydrogen (secondary N) is 1. The minimum atomic E-state index is -0.496. The molecular weight excluding hydrogens is 268 g/mol. The van der Waals surface area contributed by atoms with Crippen LogP contribution in [0.1, 0.15) is 31.7 Å². The summed E-state index contributed by atoms with van der Waals surface area (Å²) in [6.45, 7) is 3.52. The van der Waals surface area contributed by atoms with Crippen LogP contribution in [0.4, 0.5) is 5.69 Å². The molecule has 1 aromatic rings. The minimum absolute atomic E-state index is 0.123. The highest BCUT2D eigenvalue weighted by Gasteiger charge is 2.18. The molecule has 116 valence electrons. The Labute approximate surface area is 125 Å². The second kappa shape index (κ2) is 8.12. The quantitative estimate of drug-likeness (QED) is 0.841. The van der Waals surface area contributed by atoms with Gasteiger partial charge in [-0.2, -0.15) is 0 Å². The Hall–Kier alpha value is -1.43. The maximum absolute atomic E-state index is 12.0. The monoisotopic (exact) mass is 292 g/mol. The van der Waals surface area contributed by atoms with E-state index in [0.717, 1.165) is 30.7 Å². The number of benzene rings is 1. The van der Waals surface area contributed by atoms with Crippen LogP contribution >= 0.6 is 0 Å². The third kappa shape index (κ3) is 5.12. The number of amides is 1. The summed E-state index contributed by atoms with van der Waals surface area (Å²) in [7, 11) is 0. The van der Waals surface area contributed by atoms with Gasteiger partial charge in [-0.15, -0.1) is 0 Å². The van der Waals surface area contributed by atoms with E-state index in [-0.39, 0.29) is 12.0 Å². The van der Waals surface area contributed by atoms with Crippen molar-refractivity contribution < 1.29 is 14.3 Å². The van der Waals surface area contributed by atoms with Crippen LogP contribution in [0.15, 0.2) is 24.3 Å². The summed E-state index contributed by atoms with van der Waals surface area (Å²) in [5.41, 5.74) is 7.33. The highest BCUT2D eigenvalue weighted by Crippen LogP contribution is 2.14. The average molecular weight is 292 g/mol. The third-order valence-electron chi connectivity index (χ3n) is 3.63. The Bertz CT molecular complexity index is 441. The molecular formula is C16H24N2O3. The van der Waals surface area contributed by atoms with E-state index < -0.39 is 6.10 Å². The van der Waals surface area contributed by atoms with Crippen molar-refractivity contribution in [3.05, 3.63) is 29.8 Å². The molecule has 5 heteroatoms. The lowest BCUT2D eigenvalue weighted by Gasteiger charge is -2.23. The van der Waals surface area contributed by atoms with Gasteiger partial charge in [0, 0.05) is 18.8 Å². The largest absolute Gasteiger partial charge is 0.376 e. The van der Waals surface area contributed by atoms with Crippen molar-refractivity contribution in [2.24, 2.45) is 5.73 Å². The van der Waals surface area contributed by atoms with Crippen LogP contribution in [-0.4, -0.2) is 31.3 Å². The molecule has 2 rings (SSSR count). The molecule has 2 unspecified atom stereocenters. The summed E-state index contributed by atoms with van der Waals surface area (Å²) in [6.07, 6.45) is 2.92. The van der Waals surface area contributed by atoms with E-state index in [1.165, 1.54) is 6.42 Å². The fraction of sp³-hybridized carbons (Fsp3) is 0.562. The Kier molecular flexibility index (Phi) is 6.17. The van der Waals surface area contributed by atoms with Crippen molar-refractivity contribution in [3.8, 4) is 0 Å². The van der Waals surface area contributed by atoms with Gasteiger partial charge in [0.1, 0.15) is 6.10 Å². The average Bonchev–Trinajstić information content (AvgIpc) is 2.54. The van der Waals surface area contributed by atoms with Gasteiger partial charge >= 0.3 is 0 Å². The third-order valence-corrected chi connectivity index (χ3v) is 3.63. The lowest BCUT2D eigenvalue weighted by atomic mass is 10.1. The molecule has 0 saturated carbocycles. The number of carbonyl (C=O) groups is 1. The number of nitrogens with two attached hydrogens (primary N) is 1. The van der Waals surface area contributed by atoms with Gasteiger partial charge in [0.2, 0.25) is 0 Å². The second-order valence-corrected chi connectivity index (χ2v) is 5.35. The molecule has 0 radical (unpaired) electrons. The molecule has 1 aliphatic rings. The SMILES string of the molecule is CC(OCC1CCCCO1)C(=O)Nc1ccc(CN)cc1. The second-order valence-electron chi connectivity index (χ2n) is 5.35. The maximum atomic E-state index is 12.0. The lowest BCUT2D eigenvalue weighted by molar-refractivity contribution is -0.130. The highest BCUT2D eigenvalue weighted by atomic mass is 16.5. The minimum Gasteiger partial charge on any atom is -0.376 e. The van der Waals surface area contributed by atoms with Gasteiger partial charge in [-0.1, -0.05) is 12.1 Å². The van der Waals surface area contributed by atoms with Crippen LogP contribution in [0.5, 0.6) is 0 Å². The van der Waals surface area contributed by atoms with E-state index >= 15 is 0 Å². The Morgan fingerprint density at radius 2 is 2.19 bits per heavy atom. The molecule has 5 nitrogen and oxygen atoms in total. The smallest absolute Gasteiger partial charge is 0.253 e. The van der Waals surface area contributed by atoms with Crippen molar-refractivity contribution in [3.63, 3.8) is 0 Å². The van der Waals surface area contributed by atoms with Crippen LogP contribution < -0.4 is 11.1 Å². The Morgan fingerprint density at radius 1 is 1.43 bits per heavy atom. The zero-order valence-electron chi connectivity index (χ0n) is 12.5. The van der Waals surface area contributed by atoms with E-state index in [4.69, 9.17) is 15.2 Å². The van der Waals surface area contributed by atoms with Crippen LogP contribution in [0, 0.1) is 0 Å². The summed E-state index contributed by atoms with van der Waals surface area (Å²) in [4.78, 5) is 12.0. The number of carbonyl (C=O) groups excluding carboxylic acids is 1. The van der Waals surface area contributed by atoms with Crippen molar-refractivity contribution in [1.82, 2.24) is 0 Å². The molecule has 1 heterocycles. The summed E-state index contributed by atoms with van der Waals surface area (Å²) in [5.74, 6) is -0.147. The fourth-order valence-electron chi connectivity index (χ4n) is 2.23. The van der Waals surface area contributed by atoms with Gasteiger partial charge in [-0.25, -0.2) is 0 Å². The zero-order valence-corrected chi connectivity index (χ0v) is 12.5. The molecule has 1 saturated heterocycles. The van der Waals surface area contributed by atoms with Gasteiger partial charge in [0.25, 0.3) is 5.91 Å². The zero-order chi connectivity index (χ0) is 15.1. The number of hydrogen-bond donors (Lipinski definition) is 2. The topological polar surface area (TPSA) is 73.6 Å². The lowest BCUT2D eigenvalue weighted by Crippen LogP contribution is -2.32. The van der Waals surface area contributed by atoms with Gasteiger partial charge in [0.15, 0.2) is 0 Å². The summed E-state index contributed by atoms with van der Waals surface area (Å²) >= 11 is 0. The summed E-state index contributed by atoms with van der Waals surface area (Å²) < 4.78 is 11.2. The molecule has 1 aromatic carbocycles. The first kappa shape index (κ1) is 15.9. The Morgan fingerprint density at radius 3 is 2.81 bits per heavy atom. The van der Waals surface area contributed by atoms with Crippen LogP contribution in [0.3, 0.4) is 0 Å². The molecule has 21 heavy (non-hydrogen) atoms. The normalized spacial score (nSPS) is 20.0. The van der Waals surface area contributed by atoms with E-state index in [1.807, 2.05) is 24.3 Å². The van der Waals surface area contributed by atoms with E-state index in [0.29, 0.717) is 13.2 Å². The predicted octanol–water partition coefficient (Wildman–Crippen LogP) is 2.06. The van der Waals surface area contributed by atoms with Gasteiger partial charge < -0.3 is 20.5 Å². The fourth-order valence-corrected chi connectivity index (χ4v) is 2.23. The number of rotatable bonds is 6. The van der Waals surface area contributed by atoms with Gasteiger partial charge in [-0.05, 0) is 43.9 Å². The Balaban J connectivity index is 1.75. The first-order chi connectivity index (χ1) is 10.2. The van der Waals surface area contributed by atoms with Crippen molar-refractivity contribution >= 4 is 11.6 Å². The van der Waals surface area contributed by atoms with Crippen LogP contribution in [-0.2, 0) is 20.8 Å². The first-order valence-electron chi connectivity index (χ1n) is 7.52. The van der Waals surface area contributed by atoms with Crippen LogP contribution in [0.25, 0.3) is 0 Å². The molecule has 0 aromatic heterocycles. The molecule has 3 N–H and O–H groups in total. The molecule has 0 spiro atoms. The molecule has 0 aliphatic carbocycles. The van der Waals surface area contributed by atoms with Crippen molar-refractivity contribution in [2.45, 2.75) is 44.9 Å².